The van der Waals surface area contributed by atoms with Crippen molar-refractivity contribution >= 4 is 0 Å². The number of hydrogen-bond acceptors (Lipinski definition) is 3. The Labute approximate surface area is 121 Å². The van der Waals surface area contributed by atoms with E-state index in [1.165, 1.54) is 13.2 Å². The molecule has 0 aliphatic heterocycles. The zero-order valence-electron chi connectivity index (χ0n) is 12.7. The highest BCUT2D eigenvalue weighted by Crippen LogP contribution is 2.21. The van der Waals surface area contributed by atoms with Gasteiger partial charge in [0.2, 0.25) is 0 Å². The van der Waals surface area contributed by atoms with Crippen molar-refractivity contribution in [3.8, 4) is 5.75 Å². The molecule has 1 aromatic carbocycles. The summed E-state index contributed by atoms with van der Waals surface area (Å²) in [5.41, 5.74) is 0.665. The molecule has 4 heteroatoms. The molecule has 0 aliphatic carbocycles. The topological polar surface area (TPSA) is 30.5 Å². The van der Waals surface area contributed by atoms with E-state index in [4.69, 9.17) is 9.47 Å². The summed E-state index contributed by atoms with van der Waals surface area (Å²) in [6, 6.07) is 4.95. The summed E-state index contributed by atoms with van der Waals surface area (Å²) in [6.45, 7) is 6.52. The molecule has 0 amide bonds. The lowest BCUT2D eigenvalue weighted by molar-refractivity contribution is 0.128. The van der Waals surface area contributed by atoms with Crippen molar-refractivity contribution < 1.29 is 13.9 Å². The molecule has 1 unspecified atom stereocenters. The average molecular weight is 283 g/mol. The van der Waals surface area contributed by atoms with Gasteiger partial charge in [-0.25, -0.2) is 4.39 Å². The predicted molar refractivity (Wildman–Crippen MR) is 79.7 cm³/mol. The van der Waals surface area contributed by atoms with Crippen LogP contribution in [0, 0.1) is 5.82 Å². The number of nitrogens with one attached hydrogen (secondary N) is 1. The van der Waals surface area contributed by atoms with Gasteiger partial charge < -0.3 is 14.8 Å². The number of benzene rings is 1. The molecule has 0 spiro atoms. The SMILES string of the molecule is CCCCOCCCNC(C)c1ccc(OC)cc1F. The molecule has 1 rings (SSSR count). The molecule has 0 saturated heterocycles. The maximum atomic E-state index is 13.9. The molecule has 1 aromatic rings. The fourth-order valence-electron chi connectivity index (χ4n) is 1.94. The van der Waals surface area contributed by atoms with Crippen molar-refractivity contribution in [1.29, 1.82) is 0 Å². The first-order valence-electron chi connectivity index (χ1n) is 7.33. The van der Waals surface area contributed by atoms with Crippen molar-refractivity contribution in [1.82, 2.24) is 5.32 Å². The second kappa shape index (κ2) is 9.72. The van der Waals surface area contributed by atoms with Crippen molar-refractivity contribution in [2.75, 3.05) is 26.9 Å². The molecule has 0 radical (unpaired) electrons. The molecule has 0 aliphatic rings. The molecular weight excluding hydrogens is 257 g/mol. The maximum Gasteiger partial charge on any atom is 0.131 e. The fraction of sp³-hybridized carbons (Fsp3) is 0.625. The van der Waals surface area contributed by atoms with Crippen LogP contribution in [0.1, 0.15) is 44.7 Å². The van der Waals surface area contributed by atoms with Crippen LogP contribution in [0.25, 0.3) is 0 Å². The number of hydrogen-bond donors (Lipinski definition) is 1. The van der Waals surface area contributed by atoms with Gasteiger partial charge in [-0.1, -0.05) is 19.4 Å². The standard InChI is InChI=1S/C16H26FNO2/c1-4-5-10-20-11-6-9-18-13(2)15-8-7-14(19-3)12-16(15)17/h7-8,12-13,18H,4-6,9-11H2,1-3H3. The van der Waals surface area contributed by atoms with Crippen LogP contribution in [0.4, 0.5) is 4.39 Å². The molecule has 0 saturated carbocycles. The molecule has 20 heavy (non-hydrogen) atoms. The largest absolute Gasteiger partial charge is 0.497 e. The molecule has 114 valence electrons. The van der Waals surface area contributed by atoms with Gasteiger partial charge in [0.1, 0.15) is 11.6 Å². The van der Waals surface area contributed by atoms with Crippen LogP contribution >= 0.6 is 0 Å². The lowest BCUT2D eigenvalue weighted by atomic mass is 10.1. The first-order valence-corrected chi connectivity index (χ1v) is 7.33. The number of halogens is 1. The summed E-state index contributed by atoms with van der Waals surface area (Å²) >= 11 is 0. The smallest absolute Gasteiger partial charge is 0.131 e. The number of ether oxygens (including phenoxy) is 2. The average Bonchev–Trinajstić information content (AvgIpc) is 2.45. The summed E-state index contributed by atoms with van der Waals surface area (Å²) in [7, 11) is 1.54. The van der Waals surface area contributed by atoms with E-state index in [0.29, 0.717) is 11.3 Å². The quantitative estimate of drug-likeness (QED) is 0.664. The lowest BCUT2D eigenvalue weighted by Crippen LogP contribution is -2.22. The van der Waals surface area contributed by atoms with Gasteiger partial charge in [0.25, 0.3) is 0 Å². The normalized spacial score (nSPS) is 12.4. The minimum absolute atomic E-state index is 0.0171. The zero-order valence-corrected chi connectivity index (χ0v) is 12.7. The van der Waals surface area contributed by atoms with Crippen molar-refractivity contribution in [2.45, 2.75) is 39.2 Å². The first kappa shape index (κ1) is 16.9. The highest BCUT2D eigenvalue weighted by Gasteiger charge is 2.10. The molecule has 0 aromatic heterocycles. The Kier molecular flexibility index (Phi) is 8.23. The van der Waals surface area contributed by atoms with E-state index in [9.17, 15) is 4.39 Å². The summed E-state index contributed by atoms with van der Waals surface area (Å²) in [6.07, 6.45) is 3.21. The number of rotatable bonds is 10. The van der Waals surface area contributed by atoms with E-state index in [1.54, 1.807) is 12.1 Å². The third-order valence-electron chi connectivity index (χ3n) is 3.23. The van der Waals surface area contributed by atoms with E-state index in [2.05, 4.69) is 12.2 Å². The summed E-state index contributed by atoms with van der Waals surface area (Å²) in [5, 5.41) is 3.31. The van der Waals surface area contributed by atoms with Crippen LogP contribution < -0.4 is 10.1 Å². The molecule has 1 atom stereocenters. The highest BCUT2D eigenvalue weighted by molar-refractivity contribution is 5.30. The van der Waals surface area contributed by atoms with Crippen molar-refractivity contribution in [3.05, 3.63) is 29.6 Å². The Morgan fingerprint density at radius 1 is 1.25 bits per heavy atom. The second-order valence-corrected chi connectivity index (χ2v) is 4.88. The van der Waals surface area contributed by atoms with Crippen LogP contribution in [0.3, 0.4) is 0 Å². The van der Waals surface area contributed by atoms with Gasteiger partial charge >= 0.3 is 0 Å². The monoisotopic (exact) mass is 283 g/mol. The van der Waals surface area contributed by atoms with Gasteiger partial charge in [-0.15, -0.1) is 0 Å². The predicted octanol–water partition coefficient (Wildman–Crippen LogP) is 3.69. The van der Waals surface area contributed by atoms with Crippen molar-refractivity contribution in [2.24, 2.45) is 0 Å². The highest BCUT2D eigenvalue weighted by atomic mass is 19.1. The molecule has 3 nitrogen and oxygen atoms in total. The van der Waals surface area contributed by atoms with Gasteiger partial charge in [-0.05, 0) is 32.4 Å². The fourth-order valence-corrected chi connectivity index (χ4v) is 1.94. The Balaban J connectivity index is 2.27. The number of methoxy groups -OCH3 is 1. The summed E-state index contributed by atoms with van der Waals surface area (Å²) < 4.78 is 24.3. The van der Waals surface area contributed by atoms with Crippen LogP contribution in [-0.4, -0.2) is 26.9 Å². The van der Waals surface area contributed by atoms with Crippen LogP contribution in [0.2, 0.25) is 0 Å². The Bertz CT molecular complexity index is 385. The molecule has 0 heterocycles. The third-order valence-corrected chi connectivity index (χ3v) is 3.23. The van der Waals surface area contributed by atoms with E-state index < -0.39 is 0 Å². The Morgan fingerprint density at radius 2 is 2.00 bits per heavy atom. The van der Waals surface area contributed by atoms with E-state index in [-0.39, 0.29) is 11.9 Å². The minimum atomic E-state index is -0.233. The summed E-state index contributed by atoms with van der Waals surface area (Å²) in [4.78, 5) is 0. The van der Waals surface area contributed by atoms with Crippen LogP contribution in [0.15, 0.2) is 18.2 Å². The Morgan fingerprint density at radius 3 is 2.65 bits per heavy atom. The first-order chi connectivity index (χ1) is 9.69. The zero-order chi connectivity index (χ0) is 14.8. The molecule has 0 bridgehead atoms. The third kappa shape index (κ3) is 5.88. The summed E-state index contributed by atoms with van der Waals surface area (Å²) in [5.74, 6) is 0.311. The van der Waals surface area contributed by atoms with Crippen molar-refractivity contribution in [3.63, 3.8) is 0 Å². The molecule has 1 N–H and O–H groups in total. The minimum Gasteiger partial charge on any atom is -0.497 e. The van der Waals surface area contributed by atoms with Gasteiger partial charge in [0.15, 0.2) is 0 Å². The van der Waals surface area contributed by atoms with Crippen LogP contribution in [-0.2, 0) is 4.74 Å². The number of unbranched alkanes of at least 4 members (excludes halogenated alkanes) is 1. The molecule has 0 fully saturated rings. The van der Waals surface area contributed by atoms with Gasteiger partial charge in [-0.2, -0.15) is 0 Å². The van der Waals surface area contributed by atoms with Gasteiger partial charge in [-0.3, -0.25) is 0 Å². The lowest BCUT2D eigenvalue weighted by Gasteiger charge is -2.15. The van der Waals surface area contributed by atoms with Gasteiger partial charge in [0.05, 0.1) is 7.11 Å². The maximum absolute atomic E-state index is 13.9. The molecular formula is C16H26FNO2. The van der Waals surface area contributed by atoms with E-state index in [0.717, 1.165) is 39.0 Å². The van der Waals surface area contributed by atoms with E-state index >= 15 is 0 Å². The van der Waals surface area contributed by atoms with E-state index in [1.807, 2.05) is 6.92 Å². The van der Waals surface area contributed by atoms with Crippen LogP contribution in [0.5, 0.6) is 5.75 Å². The second-order valence-electron chi connectivity index (χ2n) is 4.88. The van der Waals surface area contributed by atoms with Gasteiger partial charge in [0, 0.05) is 30.9 Å². The Hall–Kier alpha value is -1.13.